The molecule has 1 aliphatic carbocycles. The van der Waals surface area contributed by atoms with E-state index in [1.54, 1.807) is 0 Å². The molecule has 1 aromatic heterocycles. The Bertz CT molecular complexity index is 435. The van der Waals surface area contributed by atoms with E-state index in [4.69, 9.17) is 0 Å². The van der Waals surface area contributed by atoms with Gasteiger partial charge in [0.1, 0.15) is 0 Å². The van der Waals surface area contributed by atoms with E-state index in [1.807, 2.05) is 13.1 Å². The van der Waals surface area contributed by atoms with E-state index in [0.29, 0.717) is 11.7 Å². The molecule has 0 saturated carbocycles. The number of carbonyl (C=O) groups is 1. The summed E-state index contributed by atoms with van der Waals surface area (Å²) in [6.07, 6.45) is 4.20. The molecule has 1 saturated heterocycles. The molecule has 0 radical (unpaired) electrons. The number of aryl methyl sites for hydroxylation is 1. The lowest BCUT2D eigenvalue weighted by Gasteiger charge is -2.38. The lowest BCUT2D eigenvalue weighted by atomic mass is 9.73. The number of H-pyrrole nitrogens is 1. The van der Waals surface area contributed by atoms with Crippen molar-refractivity contribution < 1.29 is 4.79 Å². The van der Waals surface area contributed by atoms with Crippen LogP contribution >= 0.6 is 0 Å². The highest BCUT2D eigenvalue weighted by Gasteiger charge is 2.39. The van der Waals surface area contributed by atoms with Gasteiger partial charge in [-0.25, -0.2) is 0 Å². The Balaban J connectivity index is 2.00. The summed E-state index contributed by atoms with van der Waals surface area (Å²) in [6, 6.07) is 0. The van der Waals surface area contributed by atoms with Gasteiger partial charge in [-0.3, -0.25) is 4.79 Å². The summed E-state index contributed by atoms with van der Waals surface area (Å²) in [5, 5.41) is 0. The smallest absolute Gasteiger partial charge is 0.169 e. The molecule has 3 rings (SSSR count). The van der Waals surface area contributed by atoms with Gasteiger partial charge in [-0.05, 0) is 44.8 Å². The van der Waals surface area contributed by atoms with Crippen LogP contribution in [0.15, 0.2) is 6.20 Å². The lowest BCUT2D eigenvalue weighted by molar-refractivity contribution is 0.0705. The largest absolute Gasteiger partial charge is 0.364 e. The van der Waals surface area contributed by atoms with Crippen LogP contribution in [-0.4, -0.2) is 35.8 Å². The van der Waals surface area contributed by atoms with E-state index in [9.17, 15) is 4.79 Å². The molecule has 1 N–H and O–H groups in total. The maximum Gasteiger partial charge on any atom is 0.169 e. The number of hydrogen-bond acceptors (Lipinski definition) is 2. The van der Waals surface area contributed by atoms with Crippen LogP contribution in [0.4, 0.5) is 0 Å². The van der Waals surface area contributed by atoms with E-state index in [1.165, 1.54) is 5.69 Å². The summed E-state index contributed by atoms with van der Waals surface area (Å²) >= 11 is 0. The summed E-state index contributed by atoms with van der Waals surface area (Å²) in [4.78, 5) is 18.0. The summed E-state index contributed by atoms with van der Waals surface area (Å²) < 4.78 is 0. The number of ketones is 1. The Morgan fingerprint density at radius 3 is 3.12 bits per heavy atom. The van der Waals surface area contributed by atoms with Gasteiger partial charge in [0.25, 0.3) is 0 Å². The zero-order valence-corrected chi connectivity index (χ0v) is 9.92. The summed E-state index contributed by atoms with van der Waals surface area (Å²) in [5.41, 5.74) is 3.27. The van der Waals surface area contributed by atoms with Gasteiger partial charge in [-0.1, -0.05) is 0 Å². The average molecular weight is 218 g/mol. The third-order valence-electron chi connectivity index (χ3n) is 4.17. The Kier molecular flexibility index (Phi) is 2.18. The molecule has 0 amide bonds. The monoisotopic (exact) mass is 218 g/mol. The molecule has 86 valence electrons. The Hall–Kier alpha value is -1.09. The van der Waals surface area contributed by atoms with Crippen LogP contribution < -0.4 is 0 Å². The fraction of sp³-hybridized carbons (Fsp3) is 0.615. The molecule has 3 heteroatoms. The van der Waals surface area contributed by atoms with Gasteiger partial charge < -0.3 is 9.88 Å². The van der Waals surface area contributed by atoms with Crippen molar-refractivity contribution in [3.05, 3.63) is 23.0 Å². The second-order valence-corrected chi connectivity index (χ2v) is 5.31. The minimum atomic E-state index is 0.237. The van der Waals surface area contributed by atoms with E-state index in [0.717, 1.165) is 37.1 Å². The number of nitrogens with one attached hydrogen (secondary N) is 1. The predicted octanol–water partition coefficient (Wildman–Crippen LogP) is 1.63. The number of aromatic nitrogens is 1. The van der Waals surface area contributed by atoms with Gasteiger partial charge in [0.15, 0.2) is 5.78 Å². The highest BCUT2D eigenvalue weighted by atomic mass is 16.1. The number of hydrogen-bond donors (Lipinski definition) is 1. The topological polar surface area (TPSA) is 36.1 Å². The van der Waals surface area contributed by atoms with E-state index < -0.39 is 0 Å². The van der Waals surface area contributed by atoms with Crippen LogP contribution in [0.3, 0.4) is 0 Å². The third kappa shape index (κ3) is 1.34. The molecule has 0 aromatic carbocycles. The van der Waals surface area contributed by atoms with Crippen LogP contribution in [0, 0.1) is 18.8 Å². The molecule has 0 spiro atoms. The molecule has 16 heavy (non-hydrogen) atoms. The van der Waals surface area contributed by atoms with Gasteiger partial charge in [-0.15, -0.1) is 0 Å². The first-order valence-electron chi connectivity index (χ1n) is 6.06. The van der Waals surface area contributed by atoms with Crippen molar-refractivity contribution in [2.75, 3.05) is 20.1 Å². The zero-order valence-electron chi connectivity index (χ0n) is 9.92. The van der Waals surface area contributed by atoms with Gasteiger partial charge in [0.2, 0.25) is 0 Å². The second-order valence-electron chi connectivity index (χ2n) is 5.31. The predicted molar refractivity (Wildman–Crippen MR) is 62.7 cm³/mol. The molecule has 2 unspecified atom stereocenters. The fourth-order valence-electron chi connectivity index (χ4n) is 3.23. The number of Topliss-reactive ketones (excluding diaryl/α,β-unsaturated/α-hetero) is 1. The van der Waals surface area contributed by atoms with Gasteiger partial charge >= 0.3 is 0 Å². The molecule has 3 nitrogen and oxygen atoms in total. The molecule has 0 bridgehead atoms. The number of likely N-dealkylation sites (tertiary alicyclic amines) is 1. The standard InChI is InChI=1S/C13H18N2O/c1-8-6-14-11-5-9-3-4-15(2)7-10(9)13(16)12(8)11/h6,9-10,14H,3-5,7H2,1-2H3. The normalized spacial score (nSPS) is 30.0. The molecular formula is C13H18N2O. The fourth-order valence-corrected chi connectivity index (χ4v) is 3.23. The molecular weight excluding hydrogens is 200 g/mol. The molecule has 2 aliphatic rings. The SMILES string of the molecule is Cc1c[nH]c2c1C(=O)C1CN(C)CCC1C2. The van der Waals surface area contributed by atoms with Crippen LogP contribution in [-0.2, 0) is 6.42 Å². The van der Waals surface area contributed by atoms with Crippen molar-refractivity contribution in [3.8, 4) is 0 Å². The maximum atomic E-state index is 12.4. The van der Waals surface area contributed by atoms with Gasteiger partial charge in [0.05, 0.1) is 0 Å². The van der Waals surface area contributed by atoms with Gasteiger partial charge in [0, 0.05) is 29.9 Å². The van der Waals surface area contributed by atoms with Crippen molar-refractivity contribution in [1.29, 1.82) is 0 Å². The lowest BCUT2D eigenvalue weighted by Crippen LogP contribution is -2.45. The Morgan fingerprint density at radius 2 is 2.31 bits per heavy atom. The van der Waals surface area contributed by atoms with E-state index in [-0.39, 0.29) is 5.92 Å². The van der Waals surface area contributed by atoms with Crippen molar-refractivity contribution in [2.24, 2.45) is 11.8 Å². The first kappa shape index (κ1) is 10.1. The number of piperidine rings is 1. The van der Waals surface area contributed by atoms with Crippen LogP contribution in [0.2, 0.25) is 0 Å². The highest BCUT2D eigenvalue weighted by Crippen LogP contribution is 2.36. The summed E-state index contributed by atoms with van der Waals surface area (Å²) in [7, 11) is 2.11. The van der Waals surface area contributed by atoms with Crippen LogP contribution in [0.5, 0.6) is 0 Å². The second kappa shape index (κ2) is 3.45. The minimum absolute atomic E-state index is 0.237. The van der Waals surface area contributed by atoms with Crippen molar-refractivity contribution in [2.45, 2.75) is 19.8 Å². The maximum absolute atomic E-state index is 12.4. The van der Waals surface area contributed by atoms with Crippen LogP contribution in [0.1, 0.15) is 28.0 Å². The van der Waals surface area contributed by atoms with Crippen LogP contribution in [0.25, 0.3) is 0 Å². The molecule has 2 atom stereocenters. The summed E-state index contributed by atoms with van der Waals surface area (Å²) in [6.45, 7) is 4.09. The van der Waals surface area contributed by atoms with E-state index in [2.05, 4.69) is 16.9 Å². The first-order valence-corrected chi connectivity index (χ1v) is 6.06. The van der Waals surface area contributed by atoms with Crippen molar-refractivity contribution in [3.63, 3.8) is 0 Å². The third-order valence-corrected chi connectivity index (χ3v) is 4.17. The quantitative estimate of drug-likeness (QED) is 0.718. The zero-order chi connectivity index (χ0) is 11.3. The number of rotatable bonds is 0. The number of nitrogens with zero attached hydrogens (tertiary/aromatic N) is 1. The number of aromatic amines is 1. The van der Waals surface area contributed by atoms with Crippen molar-refractivity contribution >= 4 is 5.78 Å². The Labute approximate surface area is 95.8 Å². The minimum Gasteiger partial charge on any atom is -0.364 e. The first-order chi connectivity index (χ1) is 7.66. The van der Waals surface area contributed by atoms with Gasteiger partial charge in [-0.2, -0.15) is 0 Å². The highest BCUT2D eigenvalue weighted by molar-refractivity contribution is 6.01. The molecule has 1 aromatic rings. The summed E-state index contributed by atoms with van der Waals surface area (Å²) in [5.74, 6) is 1.17. The van der Waals surface area contributed by atoms with Crippen molar-refractivity contribution in [1.82, 2.24) is 9.88 Å². The molecule has 2 heterocycles. The molecule has 1 aliphatic heterocycles. The number of carbonyl (C=O) groups excluding carboxylic acids is 1. The Morgan fingerprint density at radius 1 is 1.50 bits per heavy atom. The number of fused-ring (bicyclic) bond motifs is 2. The van der Waals surface area contributed by atoms with E-state index >= 15 is 0 Å². The average Bonchev–Trinajstić information content (AvgIpc) is 2.62. The molecule has 1 fully saturated rings.